The molecule has 0 aliphatic carbocycles. The number of aromatic nitrogens is 1. The van der Waals surface area contributed by atoms with E-state index >= 15 is 0 Å². The van der Waals surface area contributed by atoms with Gasteiger partial charge in [0.05, 0.1) is 0 Å². The van der Waals surface area contributed by atoms with Gasteiger partial charge in [0.15, 0.2) is 0 Å². The van der Waals surface area contributed by atoms with Gasteiger partial charge in [0, 0.05) is 24.7 Å². The SMILES string of the molecule is O=S(=O)(O)SCCCCn1cccc1. The lowest BCUT2D eigenvalue weighted by atomic mass is 10.3. The number of nitrogens with zero attached hydrogens (tertiary/aromatic N) is 1. The molecule has 0 saturated carbocycles. The number of aryl methyl sites for hydroxylation is 1. The van der Waals surface area contributed by atoms with E-state index in [1.165, 1.54) is 0 Å². The average Bonchev–Trinajstić information content (AvgIpc) is 2.54. The molecule has 0 aromatic carbocycles. The summed E-state index contributed by atoms with van der Waals surface area (Å²) in [6, 6.07) is 3.90. The maximum absolute atomic E-state index is 10.3. The first-order valence-corrected chi connectivity index (χ1v) is 7.25. The molecular weight excluding hydrogens is 222 g/mol. The Hall–Kier alpha value is -0.460. The van der Waals surface area contributed by atoms with Crippen LogP contribution in [0.5, 0.6) is 0 Å². The van der Waals surface area contributed by atoms with E-state index in [0.717, 1.165) is 19.4 Å². The largest absolute Gasteiger partial charge is 0.354 e. The van der Waals surface area contributed by atoms with Gasteiger partial charge in [0.2, 0.25) is 0 Å². The Kier molecular flexibility index (Phi) is 4.50. The van der Waals surface area contributed by atoms with Crippen LogP contribution in [0, 0.1) is 0 Å². The van der Waals surface area contributed by atoms with Crippen molar-refractivity contribution in [2.24, 2.45) is 0 Å². The molecule has 1 N–H and O–H groups in total. The predicted octanol–water partition coefficient (Wildman–Crippen LogP) is 1.80. The van der Waals surface area contributed by atoms with Crippen LogP contribution in [0.15, 0.2) is 24.5 Å². The molecule has 4 nitrogen and oxygen atoms in total. The van der Waals surface area contributed by atoms with Crippen molar-refractivity contribution in [2.45, 2.75) is 19.4 Å². The van der Waals surface area contributed by atoms with Gasteiger partial charge >= 0.3 is 9.15 Å². The second-order valence-corrected chi connectivity index (χ2v) is 6.35. The summed E-state index contributed by atoms with van der Waals surface area (Å²) in [5.74, 6) is 0.445. The van der Waals surface area contributed by atoms with Crippen LogP contribution in [0.2, 0.25) is 0 Å². The highest BCUT2D eigenvalue weighted by Gasteiger charge is 2.03. The lowest BCUT2D eigenvalue weighted by Crippen LogP contribution is -1.96. The molecule has 0 atom stereocenters. The number of unbranched alkanes of at least 4 members (excludes halogenated alkanes) is 1. The summed E-state index contributed by atoms with van der Waals surface area (Å²) in [6.07, 6.45) is 5.63. The van der Waals surface area contributed by atoms with E-state index in [-0.39, 0.29) is 0 Å². The Bertz CT molecular complexity index is 345. The van der Waals surface area contributed by atoms with Crippen LogP contribution in [0.4, 0.5) is 0 Å². The van der Waals surface area contributed by atoms with E-state index in [1.54, 1.807) is 0 Å². The Morgan fingerprint density at radius 2 is 1.86 bits per heavy atom. The zero-order valence-corrected chi connectivity index (χ0v) is 9.30. The Balaban J connectivity index is 2.06. The predicted molar refractivity (Wildman–Crippen MR) is 57.7 cm³/mol. The van der Waals surface area contributed by atoms with Crippen molar-refractivity contribution in [3.05, 3.63) is 24.5 Å². The fourth-order valence-corrected chi connectivity index (χ4v) is 2.60. The van der Waals surface area contributed by atoms with Crippen molar-refractivity contribution >= 4 is 19.9 Å². The average molecular weight is 235 g/mol. The first kappa shape index (κ1) is 11.6. The Morgan fingerprint density at radius 3 is 2.43 bits per heavy atom. The van der Waals surface area contributed by atoms with Crippen molar-refractivity contribution in [3.8, 4) is 0 Å². The van der Waals surface area contributed by atoms with Crippen molar-refractivity contribution in [1.82, 2.24) is 4.57 Å². The first-order chi connectivity index (χ1) is 6.58. The van der Waals surface area contributed by atoms with Crippen molar-refractivity contribution in [3.63, 3.8) is 0 Å². The van der Waals surface area contributed by atoms with Gasteiger partial charge in [-0.1, -0.05) is 0 Å². The van der Waals surface area contributed by atoms with E-state index < -0.39 is 9.15 Å². The van der Waals surface area contributed by atoms with Gasteiger partial charge in [-0.3, -0.25) is 4.55 Å². The van der Waals surface area contributed by atoms with Crippen LogP contribution < -0.4 is 0 Å². The fourth-order valence-electron chi connectivity index (χ4n) is 1.08. The molecule has 0 amide bonds. The highest BCUT2D eigenvalue weighted by molar-refractivity contribution is 8.69. The number of hydrogen-bond acceptors (Lipinski definition) is 3. The number of hydrogen-bond donors (Lipinski definition) is 1. The van der Waals surface area contributed by atoms with Crippen LogP contribution in [0.25, 0.3) is 0 Å². The summed E-state index contributed by atoms with van der Waals surface area (Å²) < 4.78 is 31.1. The molecule has 0 aliphatic heterocycles. The zero-order chi connectivity index (χ0) is 10.4. The van der Waals surface area contributed by atoms with Gasteiger partial charge in [-0.05, 0) is 35.8 Å². The molecule has 0 spiro atoms. The van der Waals surface area contributed by atoms with Crippen LogP contribution in [-0.2, 0) is 15.7 Å². The molecule has 0 bridgehead atoms. The van der Waals surface area contributed by atoms with Crippen LogP contribution >= 0.6 is 10.8 Å². The van der Waals surface area contributed by atoms with E-state index in [1.807, 2.05) is 29.1 Å². The van der Waals surface area contributed by atoms with Gasteiger partial charge < -0.3 is 4.57 Å². The Labute approximate surface area is 87.5 Å². The lowest BCUT2D eigenvalue weighted by molar-refractivity contribution is 0.503. The second kappa shape index (κ2) is 5.43. The molecule has 80 valence electrons. The maximum atomic E-state index is 10.3. The molecule has 1 aromatic rings. The van der Waals surface area contributed by atoms with E-state index in [2.05, 4.69) is 0 Å². The minimum atomic E-state index is -3.85. The molecule has 1 aromatic heterocycles. The van der Waals surface area contributed by atoms with Gasteiger partial charge in [0.25, 0.3) is 0 Å². The zero-order valence-electron chi connectivity index (χ0n) is 7.67. The van der Waals surface area contributed by atoms with E-state index in [4.69, 9.17) is 4.55 Å². The normalized spacial score (nSPS) is 11.8. The molecule has 0 saturated heterocycles. The molecule has 14 heavy (non-hydrogen) atoms. The summed E-state index contributed by atoms with van der Waals surface area (Å²) in [4.78, 5) is 0. The molecule has 0 aliphatic rings. The first-order valence-electron chi connectivity index (χ1n) is 4.30. The molecular formula is C8H13NO3S2. The topological polar surface area (TPSA) is 59.3 Å². The summed E-state index contributed by atoms with van der Waals surface area (Å²) >= 11 is 0. The standard InChI is InChI=1S/C8H13NO3S2/c10-14(11,12)13-8-4-3-7-9-5-1-2-6-9/h1-2,5-6H,3-4,7-8H2,(H,10,11,12). The lowest BCUT2D eigenvalue weighted by Gasteiger charge is -2.01. The third kappa shape index (κ3) is 5.31. The summed E-state index contributed by atoms with van der Waals surface area (Å²) in [5.41, 5.74) is 0. The molecule has 1 heterocycles. The molecule has 6 heteroatoms. The van der Waals surface area contributed by atoms with Crippen molar-refractivity contribution < 1.29 is 13.0 Å². The third-order valence-electron chi connectivity index (χ3n) is 1.71. The van der Waals surface area contributed by atoms with Gasteiger partial charge in [0.1, 0.15) is 0 Å². The third-order valence-corrected chi connectivity index (χ3v) is 3.86. The second-order valence-electron chi connectivity index (χ2n) is 2.88. The number of rotatable bonds is 6. The van der Waals surface area contributed by atoms with Crippen LogP contribution in [-0.4, -0.2) is 23.3 Å². The molecule has 0 unspecified atom stereocenters. The van der Waals surface area contributed by atoms with Crippen molar-refractivity contribution in [1.29, 1.82) is 0 Å². The molecule has 1 rings (SSSR count). The highest BCUT2D eigenvalue weighted by atomic mass is 33.1. The maximum Gasteiger partial charge on any atom is 0.319 e. The highest BCUT2D eigenvalue weighted by Crippen LogP contribution is 2.11. The van der Waals surface area contributed by atoms with Gasteiger partial charge in [-0.2, -0.15) is 8.42 Å². The smallest absolute Gasteiger partial charge is 0.319 e. The molecule has 0 fully saturated rings. The summed E-state index contributed by atoms with van der Waals surface area (Å²) in [7, 11) is -3.26. The molecule has 0 radical (unpaired) electrons. The van der Waals surface area contributed by atoms with Crippen LogP contribution in [0.3, 0.4) is 0 Å². The van der Waals surface area contributed by atoms with Crippen LogP contribution in [0.1, 0.15) is 12.8 Å². The van der Waals surface area contributed by atoms with E-state index in [0.29, 0.717) is 16.5 Å². The monoisotopic (exact) mass is 235 g/mol. The quantitative estimate of drug-likeness (QED) is 0.464. The minimum Gasteiger partial charge on any atom is -0.354 e. The fraction of sp³-hybridized carbons (Fsp3) is 0.500. The van der Waals surface area contributed by atoms with Gasteiger partial charge in [-0.25, -0.2) is 0 Å². The summed E-state index contributed by atoms with van der Waals surface area (Å²) in [5, 5.41) is 0. The minimum absolute atomic E-state index is 0.445. The van der Waals surface area contributed by atoms with Gasteiger partial charge in [-0.15, -0.1) is 0 Å². The Morgan fingerprint density at radius 1 is 1.21 bits per heavy atom. The summed E-state index contributed by atoms with van der Waals surface area (Å²) in [6.45, 7) is 0.888. The van der Waals surface area contributed by atoms with Crippen molar-refractivity contribution in [2.75, 3.05) is 5.75 Å². The van der Waals surface area contributed by atoms with E-state index in [9.17, 15) is 8.42 Å².